The van der Waals surface area contributed by atoms with Crippen molar-refractivity contribution in [3.8, 4) is 23.1 Å². The van der Waals surface area contributed by atoms with Gasteiger partial charge in [0, 0.05) is 24.2 Å². The summed E-state index contributed by atoms with van der Waals surface area (Å²) >= 11 is 0. The molecular weight excluding hydrogens is 356 g/mol. The van der Waals surface area contributed by atoms with Crippen molar-refractivity contribution in [1.29, 1.82) is 0 Å². The van der Waals surface area contributed by atoms with E-state index >= 15 is 0 Å². The summed E-state index contributed by atoms with van der Waals surface area (Å²) in [5.41, 5.74) is 0.898. The standard InChI is InChI=1S/C21H24N4O3/c1-21(10-5-11-22-14-21)15-27-19-9-8-16(12-23-19)20-24-18(25-28-20)13-26-17-6-3-2-4-7-17/h2-4,6-9,12,22H,5,10-11,13-15H2,1H3/t21-/m1/s1. The van der Waals surface area contributed by atoms with Crippen LogP contribution in [0.15, 0.2) is 53.2 Å². The molecule has 1 saturated heterocycles. The first kappa shape index (κ1) is 18.4. The van der Waals surface area contributed by atoms with Crippen molar-refractivity contribution in [3.05, 3.63) is 54.5 Å². The predicted octanol–water partition coefficient (Wildman–Crippen LogP) is 3.48. The van der Waals surface area contributed by atoms with E-state index in [4.69, 9.17) is 14.0 Å². The van der Waals surface area contributed by atoms with E-state index in [1.165, 1.54) is 6.42 Å². The Labute approximate surface area is 164 Å². The Morgan fingerprint density at radius 1 is 1.14 bits per heavy atom. The summed E-state index contributed by atoms with van der Waals surface area (Å²) in [7, 11) is 0. The lowest BCUT2D eigenvalue weighted by Gasteiger charge is -2.33. The smallest absolute Gasteiger partial charge is 0.259 e. The van der Waals surface area contributed by atoms with Gasteiger partial charge in [0.25, 0.3) is 5.89 Å². The summed E-state index contributed by atoms with van der Waals surface area (Å²) in [5.74, 6) is 2.26. The van der Waals surface area contributed by atoms with Crippen LogP contribution >= 0.6 is 0 Å². The number of hydrogen-bond donors (Lipinski definition) is 1. The van der Waals surface area contributed by atoms with Gasteiger partial charge in [-0.05, 0) is 37.6 Å². The van der Waals surface area contributed by atoms with Crippen molar-refractivity contribution in [2.24, 2.45) is 5.41 Å². The normalized spacial score (nSPS) is 19.3. The minimum Gasteiger partial charge on any atom is -0.485 e. The number of hydrogen-bond acceptors (Lipinski definition) is 7. The molecule has 0 unspecified atom stereocenters. The molecular formula is C21H24N4O3. The van der Waals surface area contributed by atoms with Crippen molar-refractivity contribution in [1.82, 2.24) is 20.4 Å². The van der Waals surface area contributed by atoms with Gasteiger partial charge >= 0.3 is 0 Å². The monoisotopic (exact) mass is 380 g/mol. The molecule has 28 heavy (non-hydrogen) atoms. The molecule has 3 aromatic rings. The zero-order chi connectivity index (χ0) is 19.2. The number of piperidine rings is 1. The molecule has 1 N–H and O–H groups in total. The first-order valence-corrected chi connectivity index (χ1v) is 9.51. The summed E-state index contributed by atoms with van der Waals surface area (Å²) in [4.78, 5) is 8.74. The third-order valence-corrected chi connectivity index (χ3v) is 4.82. The van der Waals surface area contributed by atoms with E-state index in [1.54, 1.807) is 6.20 Å². The highest BCUT2D eigenvalue weighted by atomic mass is 16.5. The van der Waals surface area contributed by atoms with E-state index in [0.29, 0.717) is 24.2 Å². The molecule has 3 heterocycles. The molecule has 0 spiro atoms. The van der Waals surface area contributed by atoms with Crippen LogP contribution in [-0.4, -0.2) is 34.8 Å². The number of benzene rings is 1. The Morgan fingerprint density at radius 2 is 2.04 bits per heavy atom. The van der Waals surface area contributed by atoms with Gasteiger partial charge in [-0.1, -0.05) is 30.3 Å². The maximum Gasteiger partial charge on any atom is 0.259 e. The summed E-state index contributed by atoms with van der Waals surface area (Å²) in [5, 5.41) is 7.39. The van der Waals surface area contributed by atoms with Crippen molar-refractivity contribution in [3.63, 3.8) is 0 Å². The number of pyridine rings is 1. The second-order valence-corrected chi connectivity index (χ2v) is 7.38. The molecule has 7 nitrogen and oxygen atoms in total. The van der Waals surface area contributed by atoms with Crippen molar-refractivity contribution < 1.29 is 14.0 Å². The van der Waals surface area contributed by atoms with Crippen LogP contribution in [0.3, 0.4) is 0 Å². The van der Waals surface area contributed by atoms with Crippen LogP contribution in [0.25, 0.3) is 11.5 Å². The van der Waals surface area contributed by atoms with Gasteiger partial charge in [0.15, 0.2) is 6.61 Å². The van der Waals surface area contributed by atoms with Crippen LogP contribution < -0.4 is 14.8 Å². The van der Waals surface area contributed by atoms with Crippen LogP contribution in [0, 0.1) is 5.41 Å². The zero-order valence-corrected chi connectivity index (χ0v) is 15.9. The Bertz CT molecular complexity index is 874. The number of nitrogens with zero attached hydrogens (tertiary/aromatic N) is 3. The lowest BCUT2D eigenvalue weighted by atomic mass is 9.84. The fourth-order valence-corrected chi connectivity index (χ4v) is 3.18. The maximum absolute atomic E-state index is 5.89. The summed E-state index contributed by atoms with van der Waals surface area (Å²) in [6.45, 7) is 5.19. The van der Waals surface area contributed by atoms with Gasteiger partial charge < -0.3 is 19.3 Å². The largest absolute Gasteiger partial charge is 0.485 e. The van der Waals surface area contributed by atoms with Crippen molar-refractivity contribution in [2.45, 2.75) is 26.4 Å². The van der Waals surface area contributed by atoms with Gasteiger partial charge in [-0.15, -0.1) is 0 Å². The third kappa shape index (κ3) is 4.67. The topological polar surface area (TPSA) is 82.3 Å². The molecule has 1 aromatic carbocycles. The molecule has 1 fully saturated rings. The lowest BCUT2D eigenvalue weighted by Crippen LogP contribution is -2.41. The van der Waals surface area contributed by atoms with E-state index in [-0.39, 0.29) is 12.0 Å². The Hall–Kier alpha value is -2.93. The molecule has 146 valence electrons. The number of aromatic nitrogens is 3. The van der Waals surface area contributed by atoms with E-state index in [1.807, 2.05) is 42.5 Å². The molecule has 2 aromatic heterocycles. The maximum atomic E-state index is 5.89. The van der Waals surface area contributed by atoms with Gasteiger partial charge in [-0.25, -0.2) is 4.98 Å². The first-order chi connectivity index (χ1) is 13.7. The van der Waals surface area contributed by atoms with Crippen molar-refractivity contribution >= 4 is 0 Å². The molecule has 0 saturated carbocycles. The van der Waals surface area contributed by atoms with Crippen LogP contribution in [0.4, 0.5) is 0 Å². The second kappa shape index (κ2) is 8.39. The van der Waals surface area contributed by atoms with Gasteiger partial charge in [0.1, 0.15) is 5.75 Å². The van der Waals surface area contributed by atoms with Crippen LogP contribution in [-0.2, 0) is 6.61 Å². The number of rotatable bonds is 7. The first-order valence-electron chi connectivity index (χ1n) is 9.51. The third-order valence-electron chi connectivity index (χ3n) is 4.82. The zero-order valence-electron chi connectivity index (χ0n) is 15.9. The SMILES string of the molecule is C[C@@]1(COc2ccc(-c3nc(COc4ccccc4)no3)cn2)CCCNC1. The fourth-order valence-electron chi connectivity index (χ4n) is 3.18. The summed E-state index contributed by atoms with van der Waals surface area (Å²) in [6, 6.07) is 13.2. The quantitative estimate of drug-likeness (QED) is 0.672. The average Bonchev–Trinajstić information content (AvgIpc) is 3.22. The molecule has 0 radical (unpaired) electrons. The molecule has 0 bridgehead atoms. The molecule has 1 aliphatic rings. The minimum absolute atomic E-state index is 0.152. The molecule has 1 aliphatic heterocycles. The Morgan fingerprint density at radius 3 is 2.79 bits per heavy atom. The minimum atomic E-state index is 0.152. The number of ether oxygens (including phenoxy) is 2. The number of para-hydroxylation sites is 1. The van der Waals surface area contributed by atoms with E-state index in [0.717, 1.165) is 30.8 Å². The van der Waals surface area contributed by atoms with E-state index < -0.39 is 0 Å². The highest BCUT2D eigenvalue weighted by Gasteiger charge is 2.27. The van der Waals surface area contributed by atoms with E-state index in [2.05, 4.69) is 27.4 Å². The molecule has 1 atom stereocenters. The highest BCUT2D eigenvalue weighted by Crippen LogP contribution is 2.26. The van der Waals surface area contributed by atoms with Crippen LogP contribution in [0.1, 0.15) is 25.6 Å². The van der Waals surface area contributed by atoms with Crippen LogP contribution in [0.2, 0.25) is 0 Å². The van der Waals surface area contributed by atoms with Crippen LogP contribution in [0.5, 0.6) is 11.6 Å². The van der Waals surface area contributed by atoms with Crippen molar-refractivity contribution in [2.75, 3.05) is 19.7 Å². The molecule has 7 heteroatoms. The van der Waals surface area contributed by atoms with Gasteiger partial charge in [-0.3, -0.25) is 0 Å². The summed E-state index contributed by atoms with van der Waals surface area (Å²) < 4.78 is 16.8. The fraction of sp³-hybridized carbons (Fsp3) is 0.381. The summed E-state index contributed by atoms with van der Waals surface area (Å²) in [6.07, 6.45) is 4.03. The molecule has 0 amide bonds. The number of nitrogens with one attached hydrogen (secondary N) is 1. The average molecular weight is 380 g/mol. The van der Waals surface area contributed by atoms with E-state index in [9.17, 15) is 0 Å². The molecule has 4 rings (SSSR count). The highest BCUT2D eigenvalue weighted by molar-refractivity contribution is 5.51. The Kier molecular flexibility index (Phi) is 5.53. The lowest BCUT2D eigenvalue weighted by molar-refractivity contribution is 0.125. The van der Waals surface area contributed by atoms with Gasteiger partial charge in [0.05, 0.1) is 12.2 Å². The Balaban J connectivity index is 1.33. The van der Waals surface area contributed by atoms with Gasteiger partial charge in [-0.2, -0.15) is 4.98 Å². The molecule has 0 aliphatic carbocycles. The predicted molar refractivity (Wildman–Crippen MR) is 104 cm³/mol. The van der Waals surface area contributed by atoms with Gasteiger partial charge in [0.2, 0.25) is 11.7 Å². The second-order valence-electron chi connectivity index (χ2n) is 7.38.